The lowest BCUT2D eigenvalue weighted by Crippen LogP contribution is -2.25. The molecule has 5 rings (SSSR count). The Morgan fingerprint density at radius 3 is 2.47 bits per heavy atom. The number of benzene rings is 1. The van der Waals surface area contributed by atoms with Crippen LogP contribution >= 0.6 is 0 Å². The summed E-state index contributed by atoms with van der Waals surface area (Å²) in [6, 6.07) is 9.93. The van der Waals surface area contributed by atoms with Gasteiger partial charge in [-0.15, -0.1) is 0 Å². The van der Waals surface area contributed by atoms with E-state index in [1.54, 1.807) is 0 Å². The van der Waals surface area contributed by atoms with Gasteiger partial charge in [-0.3, -0.25) is 5.10 Å². The van der Waals surface area contributed by atoms with Crippen molar-refractivity contribution in [2.24, 2.45) is 5.73 Å². The van der Waals surface area contributed by atoms with Gasteiger partial charge in [-0.2, -0.15) is 10.4 Å². The van der Waals surface area contributed by atoms with Crippen LogP contribution in [-0.4, -0.2) is 38.4 Å². The van der Waals surface area contributed by atoms with E-state index in [4.69, 9.17) is 20.5 Å². The van der Waals surface area contributed by atoms with E-state index in [2.05, 4.69) is 25.5 Å². The van der Waals surface area contributed by atoms with Gasteiger partial charge in [0.05, 0.1) is 29.8 Å². The van der Waals surface area contributed by atoms with E-state index >= 15 is 0 Å². The molecule has 2 aliphatic carbocycles. The van der Waals surface area contributed by atoms with Gasteiger partial charge in [0.15, 0.2) is 11.5 Å². The normalized spacial score (nSPS) is 20.4. The zero-order valence-electron chi connectivity index (χ0n) is 17.6. The van der Waals surface area contributed by atoms with Crippen molar-refractivity contribution in [3.05, 3.63) is 42.4 Å². The van der Waals surface area contributed by atoms with Crippen molar-refractivity contribution in [1.29, 1.82) is 5.26 Å². The van der Waals surface area contributed by atoms with Crippen LogP contribution in [0.2, 0.25) is 0 Å². The Balaban J connectivity index is 1.43. The minimum absolute atomic E-state index is 0.0946. The Labute approximate surface area is 186 Å². The Kier molecular flexibility index (Phi) is 5.60. The van der Waals surface area contributed by atoms with Gasteiger partial charge in [0, 0.05) is 12.1 Å². The smallest absolute Gasteiger partial charge is 0.158 e. The number of hydrogen-bond acceptors (Lipinski definition) is 8. The molecule has 2 atom stereocenters. The average molecular weight is 432 g/mol. The van der Waals surface area contributed by atoms with Crippen LogP contribution in [0.5, 0.6) is 11.5 Å². The number of nitrogens with zero attached hydrogens (tertiary/aromatic N) is 4. The SMILES string of the molecule is N#Cc1cnc(Nc2cc(-c3c(OC4CCC4)cccc3O[C@@H]3CCC(N)C3)[nH]n2)cn1. The first-order valence-electron chi connectivity index (χ1n) is 10.9. The Morgan fingerprint density at radius 2 is 1.84 bits per heavy atom. The van der Waals surface area contributed by atoms with Crippen LogP contribution in [-0.2, 0) is 0 Å². The summed E-state index contributed by atoms with van der Waals surface area (Å²) in [5.74, 6) is 2.61. The van der Waals surface area contributed by atoms with Gasteiger partial charge in [-0.1, -0.05) is 6.07 Å². The van der Waals surface area contributed by atoms with Crippen molar-refractivity contribution < 1.29 is 9.47 Å². The summed E-state index contributed by atoms with van der Waals surface area (Å²) in [5.41, 5.74) is 7.98. The molecule has 32 heavy (non-hydrogen) atoms. The summed E-state index contributed by atoms with van der Waals surface area (Å²) in [4.78, 5) is 8.21. The van der Waals surface area contributed by atoms with Gasteiger partial charge in [-0.25, -0.2) is 9.97 Å². The number of ether oxygens (including phenoxy) is 2. The Morgan fingerprint density at radius 1 is 1.03 bits per heavy atom. The van der Waals surface area contributed by atoms with E-state index in [1.165, 1.54) is 18.8 Å². The zero-order valence-corrected chi connectivity index (χ0v) is 17.6. The van der Waals surface area contributed by atoms with E-state index in [1.807, 2.05) is 30.3 Å². The van der Waals surface area contributed by atoms with Crippen molar-refractivity contribution >= 4 is 11.6 Å². The molecule has 9 nitrogen and oxygen atoms in total. The van der Waals surface area contributed by atoms with Crippen molar-refractivity contribution in [2.45, 2.75) is 56.8 Å². The summed E-state index contributed by atoms with van der Waals surface area (Å²) in [6.45, 7) is 0. The maximum atomic E-state index is 8.88. The topological polar surface area (TPSA) is 135 Å². The predicted molar refractivity (Wildman–Crippen MR) is 119 cm³/mol. The molecule has 1 aromatic carbocycles. The maximum absolute atomic E-state index is 8.88. The fourth-order valence-electron chi connectivity index (χ4n) is 4.00. The summed E-state index contributed by atoms with van der Waals surface area (Å²) in [6.07, 6.45) is 9.33. The molecule has 0 radical (unpaired) electrons. The van der Waals surface area contributed by atoms with Crippen molar-refractivity contribution in [3.8, 4) is 28.8 Å². The number of nitrogens with one attached hydrogen (secondary N) is 2. The highest BCUT2D eigenvalue weighted by molar-refractivity contribution is 5.76. The summed E-state index contributed by atoms with van der Waals surface area (Å²) in [7, 11) is 0. The van der Waals surface area contributed by atoms with Crippen molar-refractivity contribution in [3.63, 3.8) is 0 Å². The second-order valence-electron chi connectivity index (χ2n) is 8.30. The van der Waals surface area contributed by atoms with Gasteiger partial charge >= 0.3 is 0 Å². The number of rotatable bonds is 7. The molecule has 2 aliphatic rings. The molecule has 164 valence electrons. The Hall–Kier alpha value is -3.64. The monoisotopic (exact) mass is 431 g/mol. The number of H-pyrrole nitrogens is 1. The average Bonchev–Trinajstić information content (AvgIpc) is 3.40. The molecule has 4 N–H and O–H groups in total. The molecule has 0 spiro atoms. The molecule has 0 amide bonds. The van der Waals surface area contributed by atoms with Gasteiger partial charge in [-0.05, 0) is 50.7 Å². The first-order chi connectivity index (χ1) is 15.7. The van der Waals surface area contributed by atoms with Gasteiger partial charge in [0.25, 0.3) is 0 Å². The standard InChI is InChI=1S/C23H25N7O2/c24-11-15-12-27-22(13-26-15)28-21-10-18(29-30-21)23-19(31-16-3-1-4-16)5-2-6-20(23)32-17-8-7-14(25)9-17/h2,5-6,10,12-14,16-17H,1,3-4,7-9,25H2,(H2,27,28,29,30)/t14?,17-/m1/s1. The minimum Gasteiger partial charge on any atom is -0.490 e. The molecule has 1 unspecified atom stereocenters. The quantitative estimate of drug-likeness (QED) is 0.516. The third kappa shape index (κ3) is 4.36. The molecule has 9 heteroatoms. The molecular formula is C23H25N7O2. The highest BCUT2D eigenvalue weighted by atomic mass is 16.5. The predicted octanol–water partition coefficient (Wildman–Crippen LogP) is 3.67. The van der Waals surface area contributed by atoms with Crippen LogP contribution in [0.1, 0.15) is 44.2 Å². The lowest BCUT2D eigenvalue weighted by Gasteiger charge is -2.28. The summed E-state index contributed by atoms with van der Waals surface area (Å²) in [5, 5.41) is 19.4. The lowest BCUT2D eigenvalue weighted by atomic mass is 9.96. The van der Waals surface area contributed by atoms with Crippen molar-refractivity contribution in [1.82, 2.24) is 20.2 Å². The van der Waals surface area contributed by atoms with E-state index in [0.29, 0.717) is 11.6 Å². The zero-order chi connectivity index (χ0) is 21.9. The molecule has 0 bridgehead atoms. The van der Waals surface area contributed by atoms with Crippen LogP contribution in [0.25, 0.3) is 11.3 Å². The van der Waals surface area contributed by atoms with Crippen LogP contribution < -0.4 is 20.5 Å². The fraction of sp³-hybridized carbons (Fsp3) is 0.391. The lowest BCUT2D eigenvalue weighted by molar-refractivity contribution is 0.120. The fourth-order valence-corrected chi connectivity index (χ4v) is 4.00. The summed E-state index contributed by atoms with van der Waals surface area (Å²) < 4.78 is 12.7. The summed E-state index contributed by atoms with van der Waals surface area (Å²) >= 11 is 0. The van der Waals surface area contributed by atoms with E-state index in [-0.39, 0.29) is 23.9 Å². The minimum atomic E-state index is 0.0946. The second kappa shape index (κ2) is 8.85. The highest BCUT2D eigenvalue weighted by Gasteiger charge is 2.27. The number of hydrogen-bond donors (Lipinski definition) is 3. The third-order valence-corrected chi connectivity index (χ3v) is 5.92. The number of nitrogens with two attached hydrogens (primary N) is 1. The molecule has 2 aromatic heterocycles. The molecule has 0 aliphatic heterocycles. The van der Waals surface area contributed by atoms with E-state index in [0.717, 1.165) is 54.9 Å². The third-order valence-electron chi connectivity index (χ3n) is 5.92. The molecule has 2 saturated carbocycles. The van der Waals surface area contributed by atoms with Crippen LogP contribution in [0.3, 0.4) is 0 Å². The van der Waals surface area contributed by atoms with Gasteiger partial charge in [0.1, 0.15) is 29.5 Å². The highest BCUT2D eigenvalue weighted by Crippen LogP contribution is 2.41. The van der Waals surface area contributed by atoms with E-state index in [9.17, 15) is 0 Å². The maximum Gasteiger partial charge on any atom is 0.158 e. The largest absolute Gasteiger partial charge is 0.490 e. The second-order valence-corrected chi connectivity index (χ2v) is 8.30. The van der Waals surface area contributed by atoms with Gasteiger partial charge in [0.2, 0.25) is 0 Å². The number of aromatic nitrogens is 4. The van der Waals surface area contributed by atoms with Crippen LogP contribution in [0.4, 0.5) is 11.6 Å². The first kappa shape index (κ1) is 20.3. The molecule has 2 heterocycles. The molecule has 0 saturated heterocycles. The van der Waals surface area contributed by atoms with Gasteiger partial charge < -0.3 is 20.5 Å². The van der Waals surface area contributed by atoms with Crippen LogP contribution in [0.15, 0.2) is 36.7 Å². The van der Waals surface area contributed by atoms with Crippen LogP contribution in [0, 0.1) is 11.3 Å². The molecule has 2 fully saturated rings. The molecule has 3 aromatic rings. The number of aromatic amines is 1. The van der Waals surface area contributed by atoms with E-state index < -0.39 is 0 Å². The number of anilines is 2. The molecular weight excluding hydrogens is 406 g/mol. The first-order valence-corrected chi connectivity index (χ1v) is 10.9. The number of nitriles is 1. The Bertz CT molecular complexity index is 1120. The van der Waals surface area contributed by atoms with Crippen molar-refractivity contribution in [2.75, 3.05) is 5.32 Å².